The molecule has 0 bridgehead atoms. The van der Waals surface area contributed by atoms with Crippen LogP contribution in [0.15, 0.2) is 71.6 Å². The van der Waals surface area contributed by atoms with Gasteiger partial charge in [0.25, 0.3) is 10.0 Å². The molecule has 0 aliphatic rings. The molecule has 0 saturated carbocycles. The molecule has 10 nitrogen and oxygen atoms in total. The van der Waals surface area contributed by atoms with Crippen molar-refractivity contribution in [2.24, 2.45) is 5.92 Å². The fraction of sp³-hybridized carbons (Fsp3) is 0.375. The maximum Gasteiger partial charge on any atom is 0.264 e. The van der Waals surface area contributed by atoms with Crippen molar-refractivity contribution in [2.75, 3.05) is 38.7 Å². The molecule has 0 aliphatic heterocycles. The number of anilines is 1. The fourth-order valence-corrected chi connectivity index (χ4v) is 5.94. The van der Waals surface area contributed by atoms with Crippen molar-refractivity contribution in [1.29, 1.82) is 0 Å². The van der Waals surface area contributed by atoms with Gasteiger partial charge in [0, 0.05) is 19.2 Å². The molecule has 238 valence electrons. The van der Waals surface area contributed by atoms with E-state index in [-0.39, 0.29) is 41.1 Å². The zero-order valence-electron chi connectivity index (χ0n) is 25.9. The van der Waals surface area contributed by atoms with Crippen molar-refractivity contribution in [3.8, 4) is 17.2 Å². The summed E-state index contributed by atoms with van der Waals surface area (Å²) < 4.78 is 58.8. The lowest BCUT2D eigenvalue weighted by atomic mass is 10.1. The normalized spacial score (nSPS) is 11.9. The highest BCUT2D eigenvalue weighted by Gasteiger charge is 2.34. The number of rotatable bonds is 15. The second-order valence-corrected chi connectivity index (χ2v) is 12.3. The van der Waals surface area contributed by atoms with Gasteiger partial charge in [0.15, 0.2) is 11.5 Å². The first-order valence-corrected chi connectivity index (χ1v) is 15.6. The Morgan fingerprint density at radius 3 is 2.07 bits per heavy atom. The van der Waals surface area contributed by atoms with Gasteiger partial charge in [-0.25, -0.2) is 12.8 Å². The summed E-state index contributed by atoms with van der Waals surface area (Å²) in [5, 5.41) is 2.89. The Labute approximate surface area is 258 Å². The smallest absolute Gasteiger partial charge is 0.264 e. The molecule has 3 aromatic carbocycles. The second kappa shape index (κ2) is 15.4. The molecule has 0 aliphatic carbocycles. The average Bonchev–Trinajstić information content (AvgIpc) is 3.02. The lowest BCUT2D eigenvalue weighted by Crippen LogP contribution is -2.52. The van der Waals surface area contributed by atoms with E-state index in [1.807, 2.05) is 13.8 Å². The van der Waals surface area contributed by atoms with E-state index in [9.17, 15) is 22.4 Å². The van der Waals surface area contributed by atoms with Gasteiger partial charge < -0.3 is 24.4 Å². The molecule has 0 aromatic heterocycles. The van der Waals surface area contributed by atoms with Crippen LogP contribution in [-0.4, -0.2) is 65.6 Å². The lowest BCUT2D eigenvalue weighted by molar-refractivity contribution is -0.140. The van der Waals surface area contributed by atoms with Crippen molar-refractivity contribution in [3.05, 3.63) is 78.1 Å². The predicted octanol–water partition coefficient (Wildman–Crippen LogP) is 4.63. The molecule has 44 heavy (non-hydrogen) atoms. The number of nitrogens with one attached hydrogen (secondary N) is 1. The van der Waals surface area contributed by atoms with E-state index in [2.05, 4.69) is 5.32 Å². The third-order valence-electron chi connectivity index (χ3n) is 6.92. The molecule has 1 N–H and O–H groups in total. The first-order valence-electron chi connectivity index (χ1n) is 14.2. The summed E-state index contributed by atoms with van der Waals surface area (Å²) in [5.74, 6) is -0.246. The van der Waals surface area contributed by atoms with Gasteiger partial charge in [-0.05, 0) is 66.4 Å². The molecule has 0 radical (unpaired) electrons. The van der Waals surface area contributed by atoms with E-state index in [1.54, 1.807) is 38.3 Å². The number of methoxy groups -OCH3 is 3. The first kappa shape index (κ1) is 34.2. The summed E-state index contributed by atoms with van der Waals surface area (Å²) in [7, 11) is -0.0551. The van der Waals surface area contributed by atoms with Crippen molar-refractivity contribution >= 4 is 27.5 Å². The Morgan fingerprint density at radius 1 is 0.886 bits per heavy atom. The number of hydrogen-bond donors (Lipinski definition) is 1. The monoisotopic (exact) mass is 629 g/mol. The van der Waals surface area contributed by atoms with Gasteiger partial charge in [0.1, 0.15) is 24.2 Å². The molecule has 0 saturated heterocycles. The molecule has 1 atom stereocenters. The highest BCUT2D eigenvalue weighted by Crippen LogP contribution is 2.32. The van der Waals surface area contributed by atoms with Gasteiger partial charge >= 0.3 is 0 Å². The van der Waals surface area contributed by atoms with Crippen molar-refractivity contribution in [1.82, 2.24) is 10.2 Å². The Balaban J connectivity index is 2.08. The standard InChI is InChI=1S/C32H40FN3O7S/c1-7-28(32(38)34-19-22(2)3)35(20-23-8-14-26(41-4)15-9-23)31(37)21-36(25-12-10-24(33)11-13-25)44(39,40)27-16-17-29(42-5)30(18-27)43-6/h8-18,22,28H,7,19-21H2,1-6H3,(H,34,38)/t28-/m0/s1. The van der Waals surface area contributed by atoms with Gasteiger partial charge in [0.2, 0.25) is 11.8 Å². The van der Waals surface area contributed by atoms with E-state index < -0.39 is 34.3 Å². The van der Waals surface area contributed by atoms with Gasteiger partial charge in [-0.2, -0.15) is 0 Å². The summed E-state index contributed by atoms with van der Waals surface area (Å²) in [5.41, 5.74) is 0.779. The van der Waals surface area contributed by atoms with Crippen molar-refractivity contribution < 1.29 is 36.6 Å². The SMILES string of the molecule is CC[C@@H](C(=O)NCC(C)C)N(Cc1ccc(OC)cc1)C(=O)CN(c1ccc(F)cc1)S(=O)(=O)c1ccc(OC)c(OC)c1. The predicted molar refractivity (Wildman–Crippen MR) is 166 cm³/mol. The molecule has 0 heterocycles. The summed E-state index contributed by atoms with van der Waals surface area (Å²) in [4.78, 5) is 28.7. The summed E-state index contributed by atoms with van der Waals surface area (Å²) in [6.07, 6.45) is 0.283. The highest BCUT2D eigenvalue weighted by molar-refractivity contribution is 7.92. The molecule has 0 unspecified atom stereocenters. The van der Waals surface area contributed by atoms with E-state index in [4.69, 9.17) is 14.2 Å². The zero-order valence-corrected chi connectivity index (χ0v) is 26.7. The maximum absolute atomic E-state index is 14.2. The highest BCUT2D eigenvalue weighted by atomic mass is 32.2. The first-order chi connectivity index (χ1) is 20.9. The van der Waals surface area contributed by atoms with Crippen LogP contribution >= 0.6 is 0 Å². The molecular formula is C32H40FN3O7S. The van der Waals surface area contributed by atoms with Gasteiger partial charge in [-0.15, -0.1) is 0 Å². The molecular weight excluding hydrogens is 589 g/mol. The van der Waals surface area contributed by atoms with Crippen LogP contribution in [0.1, 0.15) is 32.8 Å². The number of hydrogen-bond acceptors (Lipinski definition) is 7. The minimum absolute atomic E-state index is 0.0318. The number of sulfonamides is 1. The van der Waals surface area contributed by atoms with Crippen molar-refractivity contribution in [3.63, 3.8) is 0 Å². The van der Waals surface area contributed by atoms with Crippen molar-refractivity contribution in [2.45, 2.75) is 44.7 Å². The quantitative estimate of drug-likeness (QED) is 0.261. The Bertz CT molecular complexity index is 1510. The number of carbonyl (C=O) groups excluding carboxylic acids is 2. The van der Waals surface area contributed by atoms with Crippen LogP contribution in [-0.2, 0) is 26.2 Å². The van der Waals surface area contributed by atoms with Gasteiger partial charge in [-0.1, -0.05) is 32.9 Å². The minimum atomic E-state index is -4.40. The number of nitrogens with zero attached hydrogens (tertiary/aromatic N) is 2. The summed E-state index contributed by atoms with van der Waals surface area (Å²) >= 11 is 0. The van der Waals surface area contributed by atoms with E-state index in [0.29, 0.717) is 23.6 Å². The zero-order chi connectivity index (χ0) is 32.4. The van der Waals surface area contributed by atoms with Crippen LogP contribution in [0, 0.1) is 11.7 Å². The van der Waals surface area contributed by atoms with Crippen LogP contribution in [0.25, 0.3) is 0 Å². The number of carbonyl (C=O) groups is 2. The molecule has 0 fully saturated rings. The molecule has 12 heteroatoms. The largest absolute Gasteiger partial charge is 0.497 e. The molecule has 3 aromatic rings. The maximum atomic E-state index is 14.2. The van der Waals surface area contributed by atoms with Gasteiger partial charge in [0.05, 0.1) is 31.9 Å². The Morgan fingerprint density at radius 2 is 1.52 bits per heavy atom. The fourth-order valence-electron chi connectivity index (χ4n) is 4.51. The Hall–Kier alpha value is -4.32. The van der Waals surface area contributed by atoms with Crippen LogP contribution < -0.4 is 23.8 Å². The summed E-state index contributed by atoms with van der Waals surface area (Å²) in [6.45, 7) is 5.49. The third-order valence-corrected chi connectivity index (χ3v) is 8.69. The summed E-state index contributed by atoms with van der Waals surface area (Å²) in [6, 6.07) is 15.0. The molecule has 2 amide bonds. The number of halogens is 1. The lowest BCUT2D eigenvalue weighted by Gasteiger charge is -2.33. The second-order valence-electron chi connectivity index (χ2n) is 10.4. The van der Waals surface area contributed by atoms with Gasteiger partial charge in [-0.3, -0.25) is 13.9 Å². The van der Waals surface area contributed by atoms with Crippen LogP contribution in [0.3, 0.4) is 0 Å². The average molecular weight is 630 g/mol. The van der Waals surface area contributed by atoms with E-state index >= 15 is 0 Å². The molecule has 0 spiro atoms. The van der Waals surface area contributed by atoms with Crippen LogP contribution in [0.4, 0.5) is 10.1 Å². The van der Waals surface area contributed by atoms with E-state index in [1.165, 1.54) is 49.5 Å². The third kappa shape index (κ3) is 8.40. The topological polar surface area (TPSA) is 114 Å². The van der Waals surface area contributed by atoms with E-state index in [0.717, 1.165) is 16.4 Å². The number of benzene rings is 3. The Kier molecular flexibility index (Phi) is 12.0. The van der Waals surface area contributed by atoms with Crippen LogP contribution in [0.2, 0.25) is 0 Å². The molecule has 3 rings (SSSR count). The number of ether oxygens (including phenoxy) is 3. The van der Waals surface area contributed by atoms with Crippen LogP contribution in [0.5, 0.6) is 17.2 Å². The number of amides is 2. The minimum Gasteiger partial charge on any atom is -0.497 e.